The topological polar surface area (TPSA) is 118 Å². The fourth-order valence-corrected chi connectivity index (χ4v) is 1.96. The maximum absolute atomic E-state index is 11.8. The Hall–Kier alpha value is -3.55. The predicted octanol–water partition coefficient (Wildman–Crippen LogP) is 3.82. The zero-order chi connectivity index (χ0) is 16.4. The van der Waals surface area contributed by atoms with Gasteiger partial charge < -0.3 is 9.52 Å². The molecule has 23 heavy (non-hydrogen) atoms. The summed E-state index contributed by atoms with van der Waals surface area (Å²) < 4.78 is 5.05. The number of para-hydroxylation sites is 1. The molecule has 3 rings (SSSR count). The number of aromatic hydroxyl groups is 1. The first kappa shape index (κ1) is 14.4. The van der Waals surface area contributed by atoms with E-state index >= 15 is 0 Å². The van der Waals surface area contributed by atoms with Gasteiger partial charge in [-0.3, -0.25) is 10.1 Å². The minimum absolute atomic E-state index is 0.0861. The van der Waals surface area contributed by atoms with Crippen LogP contribution in [0, 0.1) is 10.1 Å². The molecule has 8 heteroatoms. The summed E-state index contributed by atoms with van der Waals surface area (Å²) in [5, 5.41) is 28.5. The van der Waals surface area contributed by atoms with E-state index < -0.39 is 10.5 Å². The number of rotatable bonds is 3. The highest BCUT2D eigenvalue weighted by Crippen LogP contribution is 2.32. The largest absolute Gasteiger partial charge is 0.505 e. The lowest BCUT2D eigenvalue weighted by molar-refractivity contribution is -0.384. The van der Waals surface area contributed by atoms with Crippen LogP contribution in [0.15, 0.2) is 68.0 Å². The van der Waals surface area contributed by atoms with Crippen molar-refractivity contribution in [2.24, 2.45) is 10.2 Å². The van der Waals surface area contributed by atoms with Crippen LogP contribution in [0.25, 0.3) is 11.0 Å². The van der Waals surface area contributed by atoms with Gasteiger partial charge in [-0.1, -0.05) is 12.1 Å². The first-order chi connectivity index (χ1) is 11.1. The Kier molecular flexibility index (Phi) is 3.55. The third-order valence-electron chi connectivity index (χ3n) is 3.09. The normalized spacial score (nSPS) is 11.1. The van der Waals surface area contributed by atoms with Crippen molar-refractivity contribution >= 4 is 28.0 Å². The van der Waals surface area contributed by atoms with Crippen molar-refractivity contribution in [3.8, 4) is 5.75 Å². The Bertz CT molecular complexity index is 977. The molecule has 1 heterocycles. The third kappa shape index (κ3) is 2.77. The lowest BCUT2D eigenvalue weighted by atomic mass is 10.2. The summed E-state index contributed by atoms with van der Waals surface area (Å²) in [4.78, 5) is 21.9. The average molecular weight is 311 g/mol. The van der Waals surface area contributed by atoms with E-state index in [1.165, 1.54) is 24.3 Å². The number of nitro groups is 1. The fraction of sp³-hybridized carbons (Fsp3) is 0. The molecule has 0 amide bonds. The van der Waals surface area contributed by atoms with Gasteiger partial charge in [-0.05, 0) is 24.3 Å². The SMILES string of the molecule is O=c1oc2ccccc2c(O)c1N=Nc1ccc([N+](=O)[O-])cc1. The number of hydrogen-bond acceptors (Lipinski definition) is 7. The van der Waals surface area contributed by atoms with Crippen molar-refractivity contribution in [3.63, 3.8) is 0 Å². The van der Waals surface area contributed by atoms with Gasteiger partial charge in [0, 0.05) is 12.1 Å². The van der Waals surface area contributed by atoms with E-state index in [0.717, 1.165) is 0 Å². The number of hydrogen-bond donors (Lipinski definition) is 1. The predicted molar refractivity (Wildman–Crippen MR) is 81.4 cm³/mol. The summed E-state index contributed by atoms with van der Waals surface area (Å²) >= 11 is 0. The molecule has 0 fully saturated rings. The number of benzene rings is 2. The van der Waals surface area contributed by atoms with E-state index in [4.69, 9.17) is 4.42 Å². The smallest absolute Gasteiger partial charge is 0.368 e. The first-order valence-electron chi connectivity index (χ1n) is 6.47. The van der Waals surface area contributed by atoms with Crippen LogP contribution in [-0.4, -0.2) is 10.0 Å². The molecule has 0 atom stereocenters. The molecule has 0 saturated carbocycles. The van der Waals surface area contributed by atoms with Gasteiger partial charge >= 0.3 is 5.63 Å². The molecule has 3 aromatic rings. The Morgan fingerprint density at radius 1 is 1.04 bits per heavy atom. The van der Waals surface area contributed by atoms with E-state index in [1.807, 2.05) is 0 Å². The molecule has 0 aliphatic carbocycles. The summed E-state index contributed by atoms with van der Waals surface area (Å²) in [7, 11) is 0. The maximum Gasteiger partial charge on any atom is 0.368 e. The van der Waals surface area contributed by atoms with Crippen LogP contribution < -0.4 is 5.63 Å². The molecule has 0 saturated heterocycles. The van der Waals surface area contributed by atoms with Gasteiger partial charge in [-0.15, -0.1) is 5.11 Å². The minimum Gasteiger partial charge on any atom is -0.505 e. The monoisotopic (exact) mass is 311 g/mol. The second-order valence-corrected chi connectivity index (χ2v) is 4.56. The van der Waals surface area contributed by atoms with Gasteiger partial charge in [0.1, 0.15) is 5.58 Å². The van der Waals surface area contributed by atoms with Gasteiger partial charge in [0.05, 0.1) is 16.0 Å². The fourth-order valence-electron chi connectivity index (χ4n) is 1.96. The summed E-state index contributed by atoms with van der Waals surface area (Å²) in [6.07, 6.45) is 0. The van der Waals surface area contributed by atoms with Gasteiger partial charge in [-0.2, -0.15) is 5.11 Å². The molecule has 0 bridgehead atoms. The highest BCUT2D eigenvalue weighted by atomic mass is 16.6. The molecular formula is C15H9N3O5. The summed E-state index contributed by atoms with van der Waals surface area (Å²) in [5.74, 6) is -0.331. The molecule has 0 unspecified atom stereocenters. The number of nitro benzene ring substituents is 1. The van der Waals surface area contributed by atoms with Crippen LogP contribution in [-0.2, 0) is 0 Å². The van der Waals surface area contributed by atoms with Crippen LogP contribution in [0.3, 0.4) is 0 Å². The number of azo groups is 1. The van der Waals surface area contributed by atoms with Crippen molar-refractivity contribution < 1.29 is 14.4 Å². The summed E-state index contributed by atoms with van der Waals surface area (Å²) in [6.45, 7) is 0. The van der Waals surface area contributed by atoms with Gasteiger partial charge in [0.15, 0.2) is 5.75 Å². The molecule has 8 nitrogen and oxygen atoms in total. The molecular weight excluding hydrogens is 302 g/mol. The quantitative estimate of drug-likeness (QED) is 0.341. The van der Waals surface area contributed by atoms with E-state index in [9.17, 15) is 20.0 Å². The van der Waals surface area contributed by atoms with E-state index in [0.29, 0.717) is 11.1 Å². The summed E-state index contributed by atoms with van der Waals surface area (Å²) in [5.41, 5.74) is -0.710. The number of fused-ring (bicyclic) bond motifs is 1. The average Bonchev–Trinajstić information content (AvgIpc) is 2.55. The molecule has 0 aliphatic heterocycles. The molecule has 1 N–H and O–H groups in total. The molecule has 0 radical (unpaired) electrons. The number of non-ortho nitro benzene ring substituents is 1. The van der Waals surface area contributed by atoms with Crippen LogP contribution in [0.4, 0.5) is 17.1 Å². The minimum atomic E-state index is -0.827. The van der Waals surface area contributed by atoms with Crippen LogP contribution in [0.2, 0.25) is 0 Å². The summed E-state index contributed by atoms with van der Waals surface area (Å²) in [6, 6.07) is 11.8. The zero-order valence-electron chi connectivity index (χ0n) is 11.5. The number of nitrogens with zero attached hydrogens (tertiary/aromatic N) is 3. The Labute approximate surface area is 128 Å². The Balaban J connectivity index is 2.00. The van der Waals surface area contributed by atoms with Crippen molar-refractivity contribution in [2.75, 3.05) is 0 Å². The van der Waals surface area contributed by atoms with Crippen molar-refractivity contribution in [2.45, 2.75) is 0 Å². The molecule has 0 aliphatic rings. The van der Waals surface area contributed by atoms with Gasteiger partial charge in [0.25, 0.3) is 5.69 Å². The van der Waals surface area contributed by atoms with Gasteiger partial charge in [0.2, 0.25) is 5.69 Å². The van der Waals surface area contributed by atoms with Crippen LogP contribution in [0.5, 0.6) is 5.75 Å². The van der Waals surface area contributed by atoms with Crippen molar-refractivity contribution in [1.29, 1.82) is 0 Å². The molecule has 0 spiro atoms. The highest BCUT2D eigenvalue weighted by Gasteiger charge is 2.13. The lowest BCUT2D eigenvalue weighted by Gasteiger charge is -2.01. The lowest BCUT2D eigenvalue weighted by Crippen LogP contribution is -1.98. The van der Waals surface area contributed by atoms with E-state index in [2.05, 4.69) is 10.2 Å². The molecule has 2 aromatic carbocycles. The molecule has 1 aromatic heterocycles. The van der Waals surface area contributed by atoms with Crippen LogP contribution in [0.1, 0.15) is 0 Å². The van der Waals surface area contributed by atoms with Crippen molar-refractivity contribution in [3.05, 3.63) is 69.1 Å². The highest BCUT2D eigenvalue weighted by molar-refractivity contribution is 5.87. The van der Waals surface area contributed by atoms with Crippen LogP contribution >= 0.6 is 0 Å². The Morgan fingerprint density at radius 2 is 1.74 bits per heavy atom. The molecule has 114 valence electrons. The zero-order valence-corrected chi connectivity index (χ0v) is 11.5. The second kappa shape index (κ2) is 5.68. The van der Waals surface area contributed by atoms with Gasteiger partial charge in [-0.25, -0.2) is 4.79 Å². The van der Waals surface area contributed by atoms with E-state index in [1.54, 1.807) is 24.3 Å². The van der Waals surface area contributed by atoms with Crippen molar-refractivity contribution in [1.82, 2.24) is 0 Å². The first-order valence-corrected chi connectivity index (χ1v) is 6.47. The Morgan fingerprint density at radius 3 is 2.43 bits per heavy atom. The standard InChI is InChI=1S/C15H9N3O5/c19-14-11-3-1-2-4-12(11)23-15(20)13(14)17-16-9-5-7-10(8-6-9)18(21)22/h1-8,19H. The second-order valence-electron chi connectivity index (χ2n) is 4.56. The van der Waals surface area contributed by atoms with E-state index in [-0.39, 0.29) is 22.7 Å². The third-order valence-corrected chi connectivity index (χ3v) is 3.09. The maximum atomic E-state index is 11.8.